The summed E-state index contributed by atoms with van der Waals surface area (Å²) < 4.78 is 5.33. The second-order valence-electron chi connectivity index (χ2n) is 6.64. The molecule has 1 aliphatic rings. The molecule has 0 saturated heterocycles. The maximum absolute atomic E-state index is 11.8. The maximum atomic E-state index is 11.8. The van der Waals surface area contributed by atoms with Crippen molar-refractivity contribution in [2.45, 2.75) is 70.9 Å². The summed E-state index contributed by atoms with van der Waals surface area (Å²) in [5, 5.41) is 6.15. The zero-order chi connectivity index (χ0) is 14.3. The SMILES string of the molecule is CNCC(CC1CCCCC1)NC(=O)OC(C)(C)C. The van der Waals surface area contributed by atoms with Gasteiger partial charge in [-0.15, -0.1) is 0 Å². The van der Waals surface area contributed by atoms with Crippen LogP contribution >= 0.6 is 0 Å². The highest BCUT2D eigenvalue weighted by Crippen LogP contribution is 2.27. The minimum atomic E-state index is -0.431. The molecule has 2 N–H and O–H groups in total. The third kappa shape index (κ3) is 7.41. The zero-order valence-electron chi connectivity index (χ0n) is 12.9. The van der Waals surface area contributed by atoms with Gasteiger partial charge in [-0.05, 0) is 40.2 Å². The zero-order valence-corrected chi connectivity index (χ0v) is 12.9. The summed E-state index contributed by atoms with van der Waals surface area (Å²) >= 11 is 0. The fourth-order valence-electron chi connectivity index (χ4n) is 2.74. The Kier molecular flexibility index (Phi) is 6.63. The van der Waals surface area contributed by atoms with Crippen LogP contribution in [0.4, 0.5) is 4.79 Å². The Morgan fingerprint density at radius 2 is 1.89 bits per heavy atom. The molecule has 0 aromatic carbocycles. The number of carbonyl (C=O) groups excluding carboxylic acids is 1. The maximum Gasteiger partial charge on any atom is 0.407 e. The number of hydrogen-bond donors (Lipinski definition) is 2. The van der Waals surface area contributed by atoms with E-state index in [2.05, 4.69) is 10.6 Å². The molecule has 0 radical (unpaired) electrons. The van der Waals surface area contributed by atoms with Crippen LogP contribution < -0.4 is 10.6 Å². The Balaban J connectivity index is 2.40. The third-order valence-electron chi connectivity index (χ3n) is 3.51. The predicted molar refractivity (Wildman–Crippen MR) is 78.3 cm³/mol. The van der Waals surface area contributed by atoms with E-state index >= 15 is 0 Å². The molecule has 1 amide bonds. The van der Waals surface area contributed by atoms with Crippen molar-refractivity contribution in [2.75, 3.05) is 13.6 Å². The van der Waals surface area contributed by atoms with E-state index in [1.807, 2.05) is 27.8 Å². The lowest BCUT2D eigenvalue weighted by molar-refractivity contribution is 0.0495. The molecule has 0 aliphatic heterocycles. The Hall–Kier alpha value is -0.770. The number of alkyl carbamates (subject to hydrolysis) is 1. The molecular formula is C15H30N2O2. The smallest absolute Gasteiger partial charge is 0.407 e. The van der Waals surface area contributed by atoms with E-state index in [-0.39, 0.29) is 12.1 Å². The molecule has 0 spiro atoms. The Bertz CT molecular complexity index is 268. The summed E-state index contributed by atoms with van der Waals surface area (Å²) in [5.74, 6) is 0.752. The van der Waals surface area contributed by atoms with Crippen LogP contribution in [-0.4, -0.2) is 31.3 Å². The van der Waals surface area contributed by atoms with E-state index < -0.39 is 5.60 Å². The van der Waals surface area contributed by atoms with Crippen LogP contribution in [0.25, 0.3) is 0 Å². The first kappa shape index (κ1) is 16.3. The van der Waals surface area contributed by atoms with Crippen molar-refractivity contribution in [3.05, 3.63) is 0 Å². The summed E-state index contributed by atoms with van der Waals surface area (Å²) in [4.78, 5) is 11.8. The largest absolute Gasteiger partial charge is 0.444 e. The fraction of sp³-hybridized carbons (Fsp3) is 0.933. The average molecular weight is 270 g/mol. The number of ether oxygens (including phenoxy) is 1. The van der Waals surface area contributed by atoms with Gasteiger partial charge in [-0.25, -0.2) is 4.79 Å². The van der Waals surface area contributed by atoms with Crippen molar-refractivity contribution in [1.29, 1.82) is 0 Å². The first-order valence-electron chi connectivity index (χ1n) is 7.55. The summed E-state index contributed by atoms with van der Waals surface area (Å²) in [5.41, 5.74) is -0.431. The lowest BCUT2D eigenvalue weighted by atomic mass is 9.85. The molecule has 0 bridgehead atoms. The Labute approximate surface area is 117 Å². The van der Waals surface area contributed by atoms with Gasteiger partial charge in [-0.1, -0.05) is 32.1 Å². The van der Waals surface area contributed by atoms with Crippen LogP contribution in [0.1, 0.15) is 59.3 Å². The molecule has 1 saturated carbocycles. The van der Waals surface area contributed by atoms with Crippen LogP contribution in [0, 0.1) is 5.92 Å². The normalized spacial score (nSPS) is 18.9. The van der Waals surface area contributed by atoms with E-state index in [9.17, 15) is 4.79 Å². The number of hydrogen-bond acceptors (Lipinski definition) is 3. The van der Waals surface area contributed by atoms with Gasteiger partial charge in [0.05, 0.1) is 0 Å². The molecule has 1 aliphatic carbocycles. The summed E-state index contributed by atoms with van der Waals surface area (Å²) in [7, 11) is 1.92. The monoisotopic (exact) mass is 270 g/mol. The van der Waals surface area contributed by atoms with Gasteiger partial charge in [0.2, 0.25) is 0 Å². The van der Waals surface area contributed by atoms with E-state index in [4.69, 9.17) is 4.74 Å². The molecule has 112 valence electrons. The van der Waals surface area contributed by atoms with Gasteiger partial charge in [0.25, 0.3) is 0 Å². The van der Waals surface area contributed by atoms with Crippen molar-refractivity contribution < 1.29 is 9.53 Å². The second kappa shape index (κ2) is 7.73. The third-order valence-corrected chi connectivity index (χ3v) is 3.51. The quantitative estimate of drug-likeness (QED) is 0.807. The van der Waals surface area contributed by atoms with Crippen molar-refractivity contribution in [2.24, 2.45) is 5.92 Å². The number of amides is 1. The second-order valence-corrected chi connectivity index (χ2v) is 6.64. The van der Waals surface area contributed by atoms with Gasteiger partial charge in [0.1, 0.15) is 5.60 Å². The molecule has 1 unspecified atom stereocenters. The van der Waals surface area contributed by atoms with Crippen molar-refractivity contribution in [1.82, 2.24) is 10.6 Å². The first-order valence-corrected chi connectivity index (χ1v) is 7.55. The summed E-state index contributed by atoms with van der Waals surface area (Å²) in [6.45, 7) is 6.47. The lowest BCUT2D eigenvalue weighted by Gasteiger charge is -2.28. The van der Waals surface area contributed by atoms with E-state index in [0.29, 0.717) is 0 Å². The van der Waals surface area contributed by atoms with Crippen molar-refractivity contribution >= 4 is 6.09 Å². The minimum Gasteiger partial charge on any atom is -0.444 e. The van der Waals surface area contributed by atoms with E-state index in [1.54, 1.807) is 0 Å². The molecule has 0 heterocycles. The highest BCUT2D eigenvalue weighted by Gasteiger charge is 2.22. The Morgan fingerprint density at radius 3 is 2.42 bits per heavy atom. The fourth-order valence-corrected chi connectivity index (χ4v) is 2.74. The highest BCUT2D eigenvalue weighted by molar-refractivity contribution is 5.68. The molecule has 4 nitrogen and oxygen atoms in total. The van der Waals surface area contributed by atoms with Crippen LogP contribution in [0.2, 0.25) is 0 Å². The van der Waals surface area contributed by atoms with Crippen molar-refractivity contribution in [3.8, 4) is 0 Å². The van der Waals surface area contributed by atoms with Gasteiger partial charge in [0.15, 0.2) is 0 Å². The van der Waals surface area contributed by atoms with Gasteiger partial charge in [0, 0.05) is 12.6 Å². The molecule has 0 aromatic rings. The summed E-state index contributed by atoms with van der Waals surface area (Å²) in [6.07, 6.45) is 7.40. The van der Waals surface area contributed by atoms with Crippen LogP contribution in [0.3, 0.4) is 0 Å². The van der Waals surface area contributed by atoms with Gasteiger partial charge in [-0.3, -0.25) is 0 Å². The van der Waals surface area contributed by atoms with Gasteiger partial charge in [-0.2, -0.15) is 0 Å². The molecule has 19 heavy (non-hydrogen) atoms. The van der Waals surface area contributed by atoms with Crippen molar-refractivity contribution in [3.63, 3.8) is 0 Å². The number of nitrogens with one attached hydrogen (secondary N) is 2. The van der Waals surface area contributed by atoms with Crippen LogP contribution in [-0.2, 0) is 4.74 Å². The minimum absolute atomic E-state index is 0.169. The first-order chi connectivity index (χ1) is 8.90. The molecule has 1 rings (SSSR count). The van der Waals surface area contributed by atoms with E-state index in [1.165, 1.54) is 32.1 Å². The number of carbonyl (C=O) groups is 1. The predicted octanol–water partition coefficient (Wildman–Crippen LogP) is 3.07. The van der Waals surface area contributed by atoms with Crippen LogP contribution in [0.15, 0.2) is 0 Å². The molecule has 1 atom stereocenters. The summed E-state index contributed by atoms with van der Waals surface area (Å²) in [6, 6.07) is 0.169. The lowest BCUT2D eigenvalue weighted by Crippen LogP contribution is -2.44. The van der Waals surface area contributed by atoms with E-state index in [0.717, 1.165) is 18.9 Å². The number of rotatable bonds is 5. The number of likely N-dealkylation sites (N-methyl/N-ethyl adjacent to an activating group) is 1. The standard InChI is InChI=1S/C15H30N2O2/c1-15(2,3)19-14(18)17-13(11-16-4)10-12-8-6-5-7-9-12/h12-13,16H,5-11H2,1-4H3,(H,17,18). The molecular weight excluding hydrogens is 240 g/mol. The molecule has 0 aromatic heterocycles. The van der Waals surface area contributed by atoms with Gasteiger partial charge < -0.3 is 15.4 Å². The topological polar surface area (TPSA) is 50.4 Å². The van der Waals surface area contributed by atoms with Crippen LogP contribution in [0.5, 0.6) is 0 Å². The molecule has 1 fully saturated rings. The highest BCUT2D eigenvalue weighted by atomic mass is 16.6. The average Bonchev–Trinajstić information content (AvgIpc) is 2.27. The van der Waals surface area contributed by atoms with Gasteiger partial charge >= 0.3 is 6.09 Å². The molecule has 4 heteroatoms. The Morgan fingerprint density at radius 1 is 1.26 bits per heavy atom.